The van der Waals surface area contributed by atoms with Gasteiger partial charge < -0.3 is 10.0 Å². The van der Waals surface area contributed by atoms with E-state index in [0.717, 1.165) is 10.4 Å². The minimum Gasteiger partial charge on any atom is -0.385 e. The van der Waals surface area contributed by atoms with E-state index in [1.165, 1.54) is 17.4 Å². The van der Waals surface area contributed by atoms with Gasteiger partial charge in [-0.15, -0.1) is 11.3 Å². The first-order chi connectivity index (χ1) is 13.9. The largest absolute Gasteiger partial charge is 0.385 e. The number of aliphatic hydroxyl groups is 1. The number of amides is 1. The third-order valence-corrected chi connectivity index (χ3v) is 6.59. The maximum Gasteiger partial charge on any atom is 0.227 e. The molecular weight excluding hydrogens is 411 g/mol. The van der Waals surface area contributed by atoms with E-state index in [1.807, 2.05) is 12.1 Å². The number of aromatic nitrogens is 1. The first-order valence-corrected chi connectivity index (χ1v) is 10.6. The molecule has 0 atom stereocenters. The average molecular weight is 431 g/mol. The van der Waals surface area contributed by atoms with Crippen molar-refractivity contribution in [3.8, 4) is 10.6 Å². The third kappa shape index (κ3) is 4.34. The molecular formula is C22H20ClFN2O2S. The zero-order valence-corrected chi connectivity index (χ0v) is 17.2. The molecule has 2 heterocycles. The molecule has 150 valence electrons. The summed E-state index contributed by atoms with van der Waals surface area (Å²) in [6.45, 7) is 0.966. The summed E-state index contributed by atoms with van der Waals surface area (Å²) < 4.78 is 13.9. The van der Waals surface area contributed by atoms with Crippen molar-refractivity contribution in [1.82, 2.24) is 9.88 Å². The Morgan fingerprint density at radius 1 is 1.17 bits per heavy atom. The molecule has 29 heavy (non-hydrogen) atoms. The topological polar surface area (TPSA) is 53.4 Å². The second-order valence-corrected chi connectivity index (χ2v) is 8.76. The van der Waals surface area contributed by atoms with Crippen LogP contribution in [0.5, 0.6) is 0 Å². The van der Waals surface area contributed by atoms with Crippen LogP contribution < -0.4 is 0 Å². The molecule has 1 amide bonds. The number of halogens is 2. The van der Waals surface area contributed by atoms with Crippen molar-refractivity contribution < 1.29 is 14.3 Å². The van der Waals surface area contributed by atoms with E-state index in [-0.39, 0.29) is 18.1 Å². The number of hydrogen-bond acceptors (Lipinski definition) is 4. The van der Waals surface area contributed by atoms with E-state index in [1.54, 1.807) is 41.4 Å². The van der Waals surface area contributed by atoms with E-state index in [0.29, 0.717) is 41.5 Å². The Bertz CT molecular complexity index is 1010. The van der Waals surface area contributed by atoms with E-state index in [9.17, 15) is 14.3 Å². The fraction of sp³-hybridized carbons (Fsp3) is 0.273. The highest BCUT2D eigenvalue weighted by Crippen LogP contribution is 2.34. The lowest BCUT2D eigenvalue weighted by atomic mass is 9.84. The quantitative estimate of drug-likeness (QED) is 0.655. The Morgan fingerprint density at radius 2 is 1.86 bits per heavy atom. The molecule has 1 N–H and O–H groups in total. The van der Waals surface area contributed by atoms with Crippen molar-refractivity contribution in [3.05, 3.63) is 76.0 Å². The summed E-state index contributed by atoms with van der Waals surface area (Å²) in [6.07, 6.45) is 2.82. The van der Waals surface area contributed by atoms with Gasteiger partial charge in [-0.05, 0) is 42.7 Å². The number of carbonyl (C=O) groups excluding carboxylic acids is 1. The highest BCUT2D eigenvalue weighted by atomic mass is 35.5. The molecule has 1 aliphatic heterocycles. The van der Waals surface area contributed by atoms with Crippen molar-refractivity contribution >= 4 is 28.8 Å². The van der Waals surface area contributed by atoms with Crippen molar-refractivity contribution in [2.75, 3.05) is 13.1 Å². The Balaban J connectivity index is 1.38. The molecule has 0 aliphatic carbocycles. The standard InChI is InChI=1S/C22H20ClFN2O2S/c23-16-7-5-15(6-8-16)22(28)9-11-26(12-10-22)20(27)13-17-14-25-21(29-17)18-3-1-2-4-19(18)24/h1-8,14,28H,9-13H2. The predicted octanol–water partition coefficient (Wildman–Crippen LogP) is 4.66. The lowest BCUT2D eigenvalue weighted by Gasteiger charge is -2.38. The van der Waals surface area contributed by atoms with Gasteiger partial charge in [0, 0.05) is 34.7 Å². The van der Waals surface area contributed by atoms with Gasteiger partial charge in [-0.1, -0.05) is 35.9 Å². The summed E-state index contributed by atoms with van der Waals surface area (Å²) in [5.41, 5.74) is 0.331. The minimum absolute atomic E-state index is 0.00751. The van der Waals surface area contributed by atoms with Crippen LogP contribution in [-0.2, 0) is 16.8 Å². The molecule has 0 bridgehead atoms. The summed E-state index contributed by atoms with van der Waals surface area (Å²) in [7, 11) is 0. The number of thiazole rings is 1. The van der Waals surface area contributed by atoms with E-state index in [4.69, 9.17) is 11.6 Å². The minimum atomic E-state index is -0.941. The van der Waals surface area contributed by atoms with Gasteiger partial charge in [0.1, 0.15) is 10.8 Å². The predicted molar refractivity (Wildman–Crippen MR) is 112 cm³/mol. The van der Waals surface area contributed by atoms with E-state index < -0.39 is 5.60 Å². The van der Waals surface area contributed by atoms with Crippen molar-refractivity contribution in [2.45, 2.75) is 24.9 Å². The molecule has 0 saturated carbocycles. The van der Waals surface area contributed by atoms with Crippen LogP contribution in [0.15, 0.2) is 54.7 Å². The van der Waals surface area contributed by atoms with Crippen LogP contribution in [0.3, 0.4) is 0 Å². The highest BCUT2D eigenvalue weighted by Gasteiger charge is 2.35. The van der Waals surface area contributed by atoms with Gasteiger partial charge in [-0.25, -0.2) is 9.37 Å². The molecule has 1 aliphatic rings. The van der Waals surface area contributed by atoms with Gasteiger partial charge in [-0.2, -0.15) is 0 Å². The number of rotatable bonds is 4. The smallest absolute Gasteiger partial charge is 0.227 e. The Morgan fingerprint density at radius 3 is 2.55 bits per heavy atom. The summed E-state index contributed by atoms with van der Waals surface area (Å²) in [5, 5.41) is 12.2. The maximum atomic E-state index is 13.9. The van der Waals surface area contributed by atoms with E-state index in [2.05, 4.69) is 4.98 Å². The molecule has 4 nitrogen and oxygen atoms in total. The van der Waals surface area contributed by atoms with Gasteiger partial charge in [0.15, 0.2) is 0 Å². The fourth-order valence-corrected chi connectivity index (χ4v) is 4.64. The van der Waals surface area contributed by atoms with Crippen molar-refractivity contribution in [3.63, 3.8) is 0 Å². The molecule has 0 unspecified atom stereocenters. The summed E-state index contributed by atoms with van der Waals surface area (Å²) in [6, 6.07) is 13.7. The van der Waals surface area contributed by atoms with Crippen LogP contribution in [0.1, 0.15) is 23.3 Å². The summed E-state index contributed by atoms with van der Waals surface area (Å²) in [4.78, 5) is 19.5. The number of carbonyl (C=O) groups is 1. The molecule has 3 aromatic rings. The van der Waals surface area contributed by atoms with Crippen LogP contribution in [-0.4, -0.2) is 34.0 Å². The van der Waals surface area contributed by atoms with Gasteiger partial charge >= 0.3 is 0 Å². The molecule has 0 radical (unpaired) electrons. The maximum absolute atomic E-state index is 13.9. The van der Waals surface area contributed by atoms with Crippen molar-refractivity contribution in [1.29, 1.82) is 0 Å². The normalized spacial score (nSPS) is 16.0. The second kappa shape index (κ2) is 8.22. The van der Waals surface area contributed by atoms with Gasteiger partial charge in [0.25, 0.3) is 0 Å². The van der Waals surface area contributed by atoms with Crippen molar-refractivity contribution in [2.24, 2.45) is 0 Å². The van der Waals surface area contributed by atoms with E-state index >= 15 is 0 Å². The van der Waals surface area contributed by atoms with Crippen LogP contribution in [0, 0.1) is 5.82 Å². The number of piperidine rings is 1. The lowest BCUT2D eigenvalue weighted by Crippen LogP contribution is -2.45. The molecule has 1 fully saturated rings. The molecule has 1 aromatic heterocycles. The van der Waals surface area contributed by atoms with Gasteiger partial charge in [0.2, 0.25) is 5.91 Å². The zero-order valence-electron chi connectivity index (χ0n) is 15.6. The average Bonchev–Trinajstić information content (AvgIpc) is 3.17. The number of likely N-dealkylation sites (tertiary alicyclic amines) is 1. The highest BCUT2D eigenvalue weighted by molar-refractivity contribution is 7.15. The first kappa shape index (κ1) is 20.0. The van der Waals surface area contributed by atoms with Crippen LogP contribution >= 0.6 is 22.9 Å². The first-order valence-electron chi connectivity index (χ1n) is 9.40. The SMILES string of the molecule is O=C(Cc1cnc(-c2ccccc2F)s1)N1CCC(O)(c2ccc(Cl)cc2)CC1. The molecule has 2 aromatic carbocycles. The molecule has 7 heteroatoms. The van der Waals surface area contributed by atoms with Crippen LogP contribution in [0.4, 0.5) is 4.39 Å². The monoisotopic (exact) mass is 430 g/mol. The summed E-state index contributed by atoms with van der Waals surface area (Å²) in [5.74, 6) is -0.330. The number of hydrogen-bond donors (Lipinski definition) is 1. The lowest BCUT2D eigenvalue weighted by molar-refractivity contribution is -0.135. The van der Waals surface area contributed by atoms with Crippen LogP contribution in [0.25, 0.3) is 10.6 Å². The summed E-state index contributed by atoms with van der Waals surface area (Å²) >= 11 is 7.26. The third-order valence-electron chi connectivity index (χ3n) is 5.31. The fourth-order valence-electron chi connectivity index (χ4n) is 3.58. The van der Waals surface area contributed by atoms with Gasteiger partial charge in [-0.3, -0.25) is 4.79 Å². The number of benzene rings is 2. The number of nitrogens with zero attached hydrogens (tertiary/aromatic N) is 2. The zero-order chi connectivity index (χ0) is 20.4. The Hall–Kier alpha value is -2.28. The molecule has 4 rings (SSSR count). The second-order valence-electron chi connectivity index (χ2n) is 7.21. The molecule has 0 spiro atoms. The van der Waals surface area contributed by atoms with Crippen LogP contribution in [0.2, 0.25) is 5.02 Å². The molecule has 1 saturated heterocycles. The van der Waals surface area contributed by atoms with Gasteiger partial charge in [0.05, 0.1) is 12.0 Å². The Labute approximate surface area is 177 Å². The Kier molecular flexibility index (Phi) is 5.67.